The van der Waals surface area contributed by atoms with Crippen LogP contribution in [0.1, 0.15) is 15.2 Å². The van der Waals surface area contributed by atoms with Gasteiger partial charge in [-0.1, -0.05) is 27.5 Å². The molecule has 0 spiro atoms. The number of hydrogen-bond donors (Lipinski definition) is 0. The van der Waals surface area contributed by atoms with Gasteiger partial charge < -0.3 is 0 Å². The van der Waals surface area contributed by atoms with Crippen LogP contribution in [0.2, 0.25) is 5.02 Å². The lowest BCUT2D eigenvalue weighted by Crippen LogP contribution is -2.03. The fourth-order valence-electron chi connectivity index (χ4n) is 1.41. The van der Waals surface area contributed by atoms with Crippen LogP contribution in [-0.4, -0.2) is 5.78 Å². The molecule has 0 aliphatic heterocycles. The summed E-state index contributed by atoms with van der Waals surface area (Å²) in [4.78, 5) is 13.1. The second-order valence-corrected chi connectivity index (χ2v) is 6.66. The summed E-state index contributed by atoms with van der Waals surface area (Å²) in [5.41, 5.74) is 0.627. The first-order valence-electron chi connectivity index (χ1n) is 4.77. The van der Waals surface area contributed by atoms with Gasteiger partial charge in [0, 0.05) is 36.2 Å². The van der Waals surface area contributed by atoms with Crippen molar-refractivity contribution in [2.24, 2.45) is 0 Å². The smallest absolute Gasteiger partial charge is 0.169 e. The minimum absolute atomic E-state index is 0.0636. The van der Waals surface area contributed by atoms with Crippen LogP contribution in [0.25, 0.3) is 0 Å². The lowest BCUT2D eigenvalue weighted by Gasteiger charge is -2.03. The van der Waals surface area contributed by atoms with E-state index in [1.165, 1.54) is 0 Å². The Labute approximate surface area is 125 Å². The number of hydrogen-bond acceptors (Lipinski definition) is 2. The highest BCUT2D eigenvalue weighted by Crippen LogP contribution is 2.25. The maximum Gasteiger partial charge on any atom is 0.169 e. The van der Waals surface area contributed by atoms with E-state index in [9.17, 15) is 4.79 Å². The van der Waals surface area contributed by atoms with Crippen LogP contribution in [-0.2, 0) is 6.42 Å². The Morgan fingerprint density at radius 2 is 2.06 bits per heavy atom. The van der Waals surface area contributed by atoms with Crippen LogP contribution >= 0.6 is 54.8 Å². The Morgan fingerprint density at radius 3 is 2.71 bits per heavy atom. The van der Waals surface area contributed by atoms with E-state index < -0.39 is 0 Å². The first kappa shape index (κ1) is 13.3. The van der Waals surface area contributed by atoms with Gasteiger partial charge in [-0.25, -0.2) is 0 Å². The van der Waals surface area contributed by atoms with Crippen LogP contribution < -0.4 is 0 Å². The molecule has 0 atom stereocenters. The monoisotopic (exact) mass is 392 g/mol. The maximum atomic E-state index is 12.1. The predicted molar refractivity (Wildman–Crippen MR) is 79.2 cm³/mol. The Kier molecular flexibility index (Phi) is 4.42. The maximum absolute atomic E-state index is 12.1. The Balaban J connectivity index is 2.22. The zero-order valence-corrected chi connectivity index (χ0v) is 13.3. The van der Waals surface area contributed by atoms with Crippen molar-refractivity contribution in [3.05, 3.63) is 54.1 Å². The molecule has 1 aromatic heterocycles. The molecule has 0 N–H and O–H groups in total. The predicted octanol–water partition coefficient (Wildman–Crippen LogP) is 5.35. The molecule has 1 heterocycles. The Hall–Kier alpha value is -0.160. The molecule has 88 valence electrons. The van der Waals surface area contributed by atoms with E-state index in [0.717, 1.165) is 13.8 Å². The summed E-state index contributed by atoms with van der Waals surface area (Å²) in [5.74, 6) is 0.0636. The topological polar surface area (TPSA) is 17.1 Å². The fraction of sp³-hybridized carbons (Fsp3) is 0.0833. The summed E-state index contributed by atoms with van der Waals surface area (Å²) in [6.45, 7) is 0. The quantitative estimate of drug-likeness (QED) is 0.641. The van der Waals surface area contributed by atoms with Gasteiger partial charge in [0.25, 0.3) is 0 Å². The van der Waals surface area contributed by atoms with E-state index in [2.05, 4.69) is 31.9 Å². The van der Waals surface area contributed by atoms with Crippen LogP contribution in [0.15, 0.2) is 38.6 Å². The molecule has 0 saturated carbocycles. The second kappa shape index (κ2) is 5.65. The minimum atomic E-state index is 0.0636. The molecule has 0 saturated heterocycles. The van der Waals surface area contributed by atoms with Crippen molar-refractivity contribution >= 4 is 60.6 Å². The molecule has 2 rings (SSSR count). The molecule has 1 nitrogen and oxygen atoms in total. The highest BCUT2D eigenvalue weighted by atomic mass is 79.9. The fourth-order valence-corrected chi connectivity index (χ4v) is 3.50. The number of rotatable bonds is 3. The van der Waals surface area contributed by atoms with E-state index in [1.54, 1.807) is 29.5 Å². The number of ketones is 1. The van der Waals surface area contributed by atoms with Gasteiger partial charge in [0.05, 0.1) is 0 Å². The zero-order valence-electron chi connectivity index (χ0n) is 8.54. The summed E-state index contributed by atoms with van der Waals surface area (Å²) in [7, 11) is 0. The first-order chi connectivity index (χ1) is 8.06. The third-order valence-electron chi connectivity index (χ3n) is 2.19. The van der Waals surface area contributed by atoms with E-state index >= 15 is 0 Å². The first-order valence-corrected chi connectivity index (χ1v) is 7.62. The summed E-state index contributed by atoms with van der Waals surface area (Å²) in [6, 6.07) is 7.20. The minimum Gasteiger partial charge on any atom is -0.294 e. The lowest BCUT2D eigenvalue weighted by molar-refractivity contribution is 0.0993. The Morgan fingerprint density at radius 1 is 1.29 bits per heavy atom. The van der Waals surface area contributed by atoms with Crippen LogP contribution in [0.5, 0.6) is 0 Å². The molecule has 0 fully saturated rings. The summed E-state index contributed by atoms with van der Waals surface area (Å²) >= 11 is 14.2. The largest absolute Gasteiger partial charge is 0.294 e. The number of benzene rings is 1. The number of carbonyl (C=O) groups excluding carboxylic acids is 1. The van der Waals surface area contributed by atoms with Crippen LogP contribution in [0.4, 0.5) is 0 Å². The molecular weight excluding hydrogens is 387 g/mol. The lowest BCUT2D eigenvalue weighted by atomic mass is 10.1. The van der Waals surface area contributed by atoms with Crippen molar-refractivity contribution in [1.29, 1.82) is 0 Å². The van der Waals surface area contributed by atoms with Crippen LogP contribution in [0.3, 0.4) is 0 Å². The summed E-state index contributed by atoms with van der Waals surface area (Å²) in [6.07, 6.45) is 0.398. The number of thiophene rings is 1. The molecule has 0 unspecified atom stereocenters. The summed E-state index contributed by atoms with van der Waals surface area (Å²) in [5, 5.41) is 2.54. The third kappa shape index (κ3) is 3.41. The van der Waals surface area contributed by atoms with Gasteiger partial charge in [-0.3, -0.25) is 4.79 Å². The molecule has 5 heteroatoms. The average Bonchev–Trinajstić information content (AvgIpc) is 2.67. The van der Waals surface area contributed by atoms with E-state index in [-0.39, 0.29) is 5.78 Å². The summed E-state index contributed by atoms with van der Waals surface area (Å²) < 4.78 is 1.79. The van der Waals surface area contributed by atoms with Gasteiger partial charge in [-0.2, -0.15) is 0 Å². The van der Waals surface area contributed by atoms with Gasteiger partial charge in [-0.05, 0) is 40.2 Å². The van der Waals surface area contributed by atoms with Crippen molar-refractivity contribution < 1.29 is 4.79 Å². The van der Waals surface area contributed by atoms with Gasteiger partial charge in [0.2, 0.25) is 0 Å². The van der Waals surface area contributed by atoms with Gasteiger partial charge in [0.15, 0.2) is 5.78 Å². The average molecular weight is 395 g/mol. The highest BCUT2D eigenvalue weighted by molar-refractivity contribution is 9.10. The standard InChI is InChI=1S/C12H7Br2ClOS/c13-7-3-9(17-6-7)5-12(16)10-4-8(15)1-2-11(10)14/h1-4,6H,5H2. The molecule has 0 bridgehead atoms. The molecule has 0 radical (unpaired) electrons. The van der Waals surface area contributed by atoms with E-state index in [4.69, 9.17) is 11.6 Å². The number of halogens is 3. The van der Waals surface area contributed by atoms with Crippen molar-refractivity contribution in [2.75, 3.05) is 0 Å². The van der Waals surface area contributed by atoms with Crippen molar-refractivity contribution in [2.45, 2.75) is 6.42 Å². The zero-order chi connectivity index (χ0) is 12.4. The van der Waals surface area contributed by atoms with Crippen LogP contribution in [0, 0.1) is 0 Å². The third-order valence-corrected chi connectivity index (χ3v) is 4.81. The van der Waals surface area contributed by atoms with Crippen molar-refractivity contribution in [3.63, 3.8) is 0 Å². The SMILES string of the molecule is O=C(Cc1cc(Br)cs1)c1cc(Cl)ccc1Br. The van der Waals surface area contributed by atoms with Crippen molar-refractivity contribution in [3.8, 4) is 0 Å². The second-order valence-electron chi connectivity index (χ2n) is 3.46. The molecular formula is C12H7Br2ClOS. The number of Topliss-reactive ketones (excluding diaryl/α,β-unsaturated/α-hetero) is 1. The van der Waals surface area contributed by atoms with Gasteiger partial charge >= 0.3 is 0 Å². The highest BCUT2D eigenvalue weighted by Gasteiger charge is 2.12. The molecule has 0 aliphatic carbocycles. The number of carbonyl (C=O) groups is 1. The Bertz CT molecular complexity index is 565. The molecule has 1 aromatic carbocycles. The van der Waals surface area contributed by atoms with Gasteiger partial charge in [0.1, 0.15) is 0 Å². The van der Waals surface area contributed by atoms with E-state index in [1.807, 2.05) is 11.4 Å². The van der Waals surface area contributed by atoms with Gasteiger partial charge in [-0.15, -0.1) is 11.3 Å². The molecule has 0 amide bonds. The normalized spacial score (nSPS) is 10.5. The van der Waals surface area contributed by atoms with E-state index in [0.29, 0.717) is 17.0 Å². The molecule has 17 heavy (non-hydrogen) atoms. The van der Waals surface area contributed by atoms with Crippen molar-refractivity contribution in [1.82, 2.24) is 0 Å². The molecule has 0 aliphatic rings. The molecule has 2 aromatic rings.